The van der Waals surface area contributed by atoms with Crippen molar-refractivity contribution in [2.45, 2.75) is 53.2 Å². The fourth-order valence-electron chi connectivity index (χ4n) is 3.48. The summed E-state index contributed by atoms with van der Waals surface area (Å²) >= 11 is 0. The molecule has 2 aromatic carbocycles. The lowest BCUT2D eigenvalue weighted by Crippen LogP contribution is -2.34. The Balaban J connectivity index is 2.17. The van der Waals surface area contributed by atoms with Crippen LogP contribution < -0.4 is 23.7 Å². The van der Waals surface area contributed by atoms with Crippen molar-refractivity contribution < 1.29 is 53.8 Å². The molecule has 36 heavy (non-hydrogen) atoms. The monoisotopic (exact) mass is 501 g/mol. The molecule has 0 N–H and O–H groups in total. The number of carbonyl (C=O) groups is 5. The van der Waals surface area contributed by atoms with Gasteiger partial charge in [-0.3, -0.25) is 24.0 Å². The summed E-state index contributed by atoms with van der Waals surface area (Å²) in [6, 6.07) is 6.78. The third-order valence-electron chi connectivity index (χ3n) is 4.58. The number of hydrogen-bond acceptors (Lipinski definition) is 11. The van der Waals surface area contributed by atoms with Gasteiger partial charge in [-0.25, -0.2) is 0 Å². The Bertz CT molecular complexity index is 1270. The van der Waals surface area contributed by atoms with E-state index in [2.05, 4.69) is 0 Å². The first kappa shape index (κ1) is 24.7. The summed E-state index contributed by atoms with van der Waals surface area (Å²) in [5, 5.41) is 0. The Hall–Kier alpha value is -4.41. The predicted molar refractivity (Wildman–Crippen MR) is 121 cm³/mol. The van der Waals surface area contributed by atoms with Gasteiger partial charge in [-0.1, -0.05) is 6.07 Å². The molecular formula is C25H24O11. The number of ether oxygens (including phenoxy) is 6. The van der Waals surface area contributed by atoms with Crippen LogP contribution in [0.25, 0.3) is 0 Å². The summed E-state index contributed by atoms with van der Waals surface area (Å²) < 4.78 is 41.0. The van der Waals surface area contributed by atoms with Crippen molar-refractivity contribution in [2.24, 2.45) is 0 Å². The van der Waals surface area contributed by atoms with Gasteiger partial charge < -0.3 is 28.4 Å². The van der Waals surface area contributed by atoms with E-state index in [-0.39, 0.29) is 34.3 Å². The van der Waals surface area contributed by atoms with Crippen LogP contribution in [-0.4, -0.2) is 36.0 Å². The second-order valence-electron chi connectivity index (χ2n) is 7.69. The smallest absolute Gasteiger partial charge is 0.308 e. The third-order valence-corrected chi connectivity index (χ3v) is 4.58. The summed E-state index contributed by atoms with van der Waals surface area (Å²) in [6.07, 6.45) is -3.69. The molecule has 2 aromatic rings. The van der Waals surface area contributed by atoms with Gasteiger partial charge in [0, 0.05) is 65.6 Å². The summed E-state index contributed by atoms with van der Waals surface area (Å²) in [4.78, 5) is 58.3. The molecule has 1 aliphatic rings. The molecule has 11 nitrogen and oxygen atoms in total. The van der Waals surface area contributed by atoms with Crippen molar-refractivity contribution >= 4 is 29.8 Å². The van der Waals surface area contributed by atoms with Crippen LogP contribution in [0.3, 0.4) is 0 Å². The lowest BCUT2D eigenvalue weighted by Gasteiger charge is -2.34. The summed E-state index contributed by atoms with van der Waals surface area (Å²) in [5.41, 5.74) is 0.388. The van der Waals surface area contributed by atoms with Crippen LogP contribution in [0, 0.1) is 0 Å². The van der Waals surface area contributed by atoms with Gasteiger partial charge in [0.2, 0.25) is 0 Å². The molecular weight excluding hydrogens is 476 g/mol. The fourth-order valence-corrected chi connectivity index (χ4v) is 3.48. The minimum absolute atomic E-state index is 0.00908. The van der Waals surface area contributed by atoms with Crippen LogP contribution >= 0.6 is 0 Å². The number of benzene rings is 2. The maximum absolute atomic E-state index is 11.9. The van der Waals surface area contributed by atoms with E-state index < -0.39 is 48.5 Å². The van der Waals surface area contributed by atoms with E-state index in [9.17, 15) is 24.0 Å². The lowest BCUT2D eigenvalue weighted by molar-refractivity contribution is -0.152. The first-order valence-electron chi connectivity index (χ1n) is 11.2. The lowest BCUT2D eigenvalue weighted by atomic mass is 9.93. The first-order chi connectivity index (χ1) is 17.3. The Morgan fingerprint density at radius 3 is 1.92 bits per heavy atom. The van der Waals surface area contributed by atoms with E-state index in [0.29, 0.717) is 5.56 Å². The van der Waals surface area contributed by atoms with E-state index in [1.54, 1.807) is 0 Å². The third kappa shape index (κ3) is 6.59. The van der Waals surface area contributed by atoms with Crippen molar-refractivity contribution in [2.75, 3.05) is 0 Å². The zero-order chi connectivity index (χ0) is 27.4. The number of rotatable bonds is 6. The molecule has 0 fully saturated rings. The average Bonchev–Trinajstić information content (AvgIpc) is 2.74. The van der Waals surface area contributed by atoms with Gasteiger partial charge in [-0.15, -0.1) is 0 Å². The van der Waals surface area contributed by atoms with E-state index >= 15 is 0 Å². The highest BCUT2D eigenvalue weighted by molar-refractivity contribution is 5.74. The molecule has 1 aliphatic heterocycles. The van der Waals surface area contributed by atoms with E-state index in [1.807, 2.05) is 0 Å². The Kier molecular flexibility index (Phi) is 7.47. The molecule has 0 radical (unpaired) electrons. The number of carbonyl (C=O) groups excluding carboxylic acids is 5. The number of fused-ring (bicyclic) bond motifs is 1. The summed E-state index contributed by atoms with van der Waals surface area (Å²) in [7, 11) is 0. The molecule has 190 valence electrons. The largest absolute Gasteiger partial charge is 0.481 e. The molecule has 3 atom stereocenters. The molecule has 0 saturated carbocycles. The highest BCUT2D eigenvalue weighted by Gasteiger charge is 2.37. The molecule has 1 heterocycles. The normalized spacial score (nSPS) is 18.5. The second-order valence-corrected chi connectivity index (χ2v) is 7.69. The molecule has 0 spiro atoms. The fraction of sp³-hybridized carbons (Fsp3) is 0.320. The molecule has 0 saturated heterocycles. The standard InChI is InChI=1S/C25H24O11/c1-12(26)31-18-9-21(33-14(3)28)19-11-24(35-16(5)30)25(36-22(19)10-18)17-6-7-20(32-13(2)27)23(8-17)34-15(4)29/h6-10,24-25H,11H2,1-5H3/t24-,25-/m1/s1/i11D/t11?,24-,25-. The molecule has 0 aliphatic carbocycles. The van der Waals surface area contributed by atoms with Gasteiger partial charge in [0.15, 0.2) is 17.6 Å². The van der Waals surface area contributed by atoms with Crippen molar-refractivity contribution in [1.29, 1.82) is 0 Å². The average molecular weight is 501 g/mol. The van der Waals surface area contributed by atoms with E-state index in [1.165, 1.54) is 44.2 Å². The van der Waals surface area contributed by atoms with Gasteiger partial charge in [0.25, 0.3) is 0 Å². The zero-order valence-electron chi connectivity index (χ0n) is 21.1. The summed E-state index contributed by atoms with van der Waals surface area (Å²) in [5.74, 6) is -3.62. The molecule has 3 rings (SSSR count). The van der Waals surface area contributed by atoms with Gasteiger partial charge in [0.05, 0.1) is 0 Å². The van der Waals surface area contributed by atoms with Crippen LogP contribution in [-0.2, 0) is 35.1 Å². The maximum atomic E-state index is 11.9. The van der Waals surface area contributed by atoms with Gasteiger partial charge in [0.1, 0.15) is 23.4 Å². The zero-order valence-corrected chi connectivity index (χ0v) is 20.1. The molecule has 0 aromatic heterocycles. The van der Waals surface area contributed by atoms with E-state index in [0.717, 1.165) is 20.8 Å². The van der Waals surface area contributed by atoms with Crippen LogP contribution in [0.2, 0.25) is 0 Å². The second kappa shape index (κ2) is 10.9. The first-order valence-corrected chi connectivity index (χ1v) is 10.7. The quantitative estimate of drug-likeness (QED) is 0.426. The molecule has 11 heteroatoms. The van der Waals surface area contributed by atoms with Crippen molar-refractivity contribution in [3.8, 4) is 28.7 Å². The van der Waals surface area contributed by atoms with E-state index in [4.69, 9.17) is 29.8 Å². The van der Waals surface area contributed by atoms with Crippen LogP contribution in [0.15, 0.2) is 30.3 Å². The molecule has 0 bridgehead atoms. The van der Waals surface area contributed by atoms with Crippen molar-refractivity contribution in [3.63, 3.8) is 0 Å². The highest BCUT2D eigenvalue weighted by Crippen LogP contribution is 2.45. The Labute approximate surface area is 207 Å². The molecule has 0 amide bonds. The minimum atomic E-state index is -1.32. The van der Waals surface area contributed by atoms with Gasteiger partial charge >= 0.3 is 29.8 Å². The number of esters is 5. The van der Waals surface area contributed by atoms with Gasteiger partial charge in [-0.2, -0.15) is 0 Å². The van der Waals surface area contributed by atoms with Crippen LogP contribution in [0.1, 0.15) is 53.2 Å². The van der Waals surface area contributed by atoms with Crippen LogP contribution in [0.4, 0.5) is 0 Å². The SMILES string of the molecule is [2H]C1c2c(OC(C)=O)cc(OC(C)=O)cc2O[C@H](c2ccc(OC(C)=O)c(OC(C)=O)c2)[C@@H]1OC(C)=O. The number of hydrogen-bond donors (Lipinski definition) is 0. The van der Waals surface area contributed by atoms with Gasteiger partial charge in [-0.05, 0) is 12.1 Å². The predicted octanol–water partition coefficient (Wildman–Crippen LogP) is 3.00. The minimum Gasteiger partial charge on any atom is -0.481 e. The Morgan fingerprint density at radius 2 is 1.33 bits per heavy atom. The topological polar surface area (TPSA) is 141 Å². The van der Waals surface area contributed by atoms with Crippen molar-refractivity contribution in [1.82, 2.24) is 0 Å². The summed E-state index contributed by atoms with van der Waals surface area (Å²) in [6.45, 7) is 5.83. The maximum Gasteiger partial charge on any atom is 0.308 e. The molecule has 1 unspecified atom stereocenters. The highest BCUT2D eigenvalue weighted by atomic mass is 16.6. The van der Waals surface area contributed by atoms with Crippen LogP contribution in [0.5, 0.6) is 28.7 Å². The van der Waals surface area contributed by atoms with Crippen molar-refractivity contribution in [3.05, 3.63) is 41.5 Å². The Morgan fingerprint density at radius 1 is 0.750 bits per heavy atom.